The van der Waals surface area contributed by atoms with E-state index in [1.54, 1.807) is 6.20 Å². The second kappa shape index (κ2) is 8.19. The molecule has 1 atom stereocenters. The Labute approximate surface area is 185 Å². The number of pyridine rings is 1. The number of carbonyl (C=O) groups is 1. The molecule has 0 unspecified atom stereocenters. The molecule has 1 aromatic carbocycles. The number of piperidine rings is 1. The molecule has 6 nitrogen and oxygen atoms in total. The molecular formula is C24H23ClN4O2. The number of rotatable bonds is 4. The summed E-state index contributed by atoms with van der Waals surface area (Å²) in [5.74, 6) is 1.57. The Balaban J connectivity index is 1.29. The fourth-order valence-electron chi connectivity index (χ4n) is 4.17. The first-order chi connectivity index (χ1) is 15.1. The Kier molecular flexibility index (Phi) is 5.24. The highest BCUT2D eigenvalue weighted by Crippen LogP contribution is 2.28. The third kappa shape index (κ3) is 4.08. The maximum absolute atomic E-state index is 13.1. The van der Waals surface area contributed by atoms with Gasteiger partial charge in [-0.2, -0.15) is 0 Å². The van der Waals surface area contributed by atoms with Gasteiger partial charge in [-0.3, -0.25) is 4.79 Å². The van der Waals surface area contributed by atoms with Crippen molar-refractivity contribution < 1.29 is 9.21 Å². The van der Waals surface area contributed by atoms with Crippen LogP contribution in [0, 0.1) is 6.92 Å². The van der Waals surface area contributed by atoms with Gasteiger partial charge in [0.1, 0.15) is 17.1 Å². The van der Waals surface area contributed by atoms with Gasteiger partial charge >= 0.3 is 0 Å². The van der Waals surface area contributed by atoms with Crippen molar-refractivity contribution in [2.75, 3.05) is 13.1 Å². The van der Waals surface area contributed by atoms with Crippen LogP contribution in [-0.2, 0) is 6.42 Å². The minimum absolute atomic E-state index is 0.0410. The predicted octanol–water partition coefficient (Wildman–Crippen LogP) is 4.89. The van der Waals surface area contributed by atoms with Gasteiger partial charge in [0.2, 0.25) is 0 Å². The molecule has 1 fully saturated rings. The largest absolute Gasteiger partial charge is 0.445 e. The smallest absolute Gasteiger partial charge is 0.274 e. The second-order valence-electron chi connectivity index (χ2n) is 8.08. The van der Waals surface area contributed by atoms with Gasteiger partial charge < -0.3 is 13.7 Å². The molecule has 0 aliphatic carbocycles. The van der Waals surface area contributed by atoms with E-state index >= 15 is 0 Å². The average molecular weight is 435 g/mol. The normalized spacial score (nSPS) is 16.7. The number of nitrogens with zero attached hydrogens (tertiary/aromatic N) is 4. The van der Waals surface area contributed by atoms with E-state index in [0.29, 0.717) is 24.6 Å². The van der Waals surface area contributed by atoms with Crippen LogP contribution in [0.5, 0.6) is 0 Å². The molecule has 0 spiro atoms. The lowest BCUT2D eigenvalue weighted by molar-refractivity contribution is 0.0692. The summed E-state index contributed by atoms with van der Waals surface area (Å²) in [6.07, 6.45) is 6.15. The summed E-state index contributed by atoms with van der Waals surface area (Å²) in [7, 11) is 0. The highest BCUT2D eigenvalue weighted by molar-refractivity contribution is 6.30. The van der Waals surface area contributed by atoms with E-state index in [9.17, 15) is 4.79 Å². The van der Waals surface area contributed by atoms with Crippen LogP contribution in [0.15, 0.2) is 59.3 Å². The van der Waals surface area contributed by atoms with Crippen molar-refractivity contribution >= 4 is 23.2 Å². The first-order valence-corrected chi connectivity index (χ1v) is 10.9. The first-order valence-electron chi connectivity index (χ1n) is 10.5. The number of carbonyl (C=O) groups excluding carboxylic acids is 1. The summed E-state index contributed by atoms with van der Waals surface area (Å²) in [6.45, 7) is 3.32. The molecule has 31 heavy (non-hydrogen) atoms. The van der Waals surface area contributed by atoms with Crippen LogP contribution in [-0.4, -0.2) is 38.3 Å². The highest BCUT2D eigenvalue weighted by Gasteiger charge is 2.29. The number of likely N-dealkylation sites (tertiary alicyclic amines) is 1. The summed E-state index contributed by atoms with van der Waals surface area (Å²) < 4.78 is 8.00. The summed E-state index contributed by atoms with van der Waals surface area (Å²) >= 11 is 5.96. The molecule has 1 saturated heterocycles. The lowest BCUT2D eigenvalue weighted by atomic mass is 9.98. The summed E-state index contributed by atoms with van der Waals surface area (Å²) in [5, 5.41) is 0.717. The second-order valence-corrected chi connectivity index (χ2v) is 8.52. The lowest BCUT2D eigenvalue weighted by Crippen LogP contribution is -2.39. The van der Waals surface area contributed by atoms with E-state index in [4.69, 9.17) is 16.0 Å². The van der Waals surface area contributed by atoms with E-state index in [0.717, 1.165) is 47.1 Å². The van der Waals surface area contributed by atoms with Crippen molar-refractivity contribution in [2.45, 2.75) is 32.1 Å². The quantitative estimate of drug-likeness (QED) is 0.458. The number of amides is 1. The molecule has 1 aliphatic rings. The van der Waals surface area contributed by atoms with Gasteiger partial charge in [-0.15, -0.1) is 0 Å². The molecule has 158 valence electrons. The van der Waals surface area contributed by atoms with Crippen molar-refractivity contribution in [2.24, 2.45) is 0 Å². The van der Waals surface area contributed by atoms with Crippen molar-refractivity contribution in [3.63, 3.8) is 0 Å². The number of hydrogen-bond donors (Lipinski definition) is 0. The van der Waals surface area contributed by atoms with E-state index in [1.807, 2.05) is 64.9 Å². The molecule has 5 rings (SSSR count). The van der Waals surface area contributed by atoms with Gasteiger partial charge in [0.25, 0.3) is 5.91 Å². The maximum atomic E-state index is 13.1. The summed E-state index contributed by atoms with van der Waals surface area (Å²) in [4.78, 5) is 24.0. The third-order valence-electron chi connectivity index (χ3n) is 5.84. The monoisotopic (exact) mass is 434 g/mol. The Morgan fingerprint density at radius 2 is 2.06 bits per heavy atom. The van der Waals surface area contributed by atoms with Gasteiger partial charge in [0, 0.05) is 36.4 Å². The van der Waals surface area contributed by atoms with Crippen LogP contribution in [0.1, 0.15) is 52.2 Å². The Bertz CT molecular complexity index is 1230. The average Bonchev–Trinajstić information content (AvgIpc) is 3.43. The van der Waals surface area contributed by atoms with E-state index in [2.05, 4.69) is 9.97 Å². The molecule has 1 aliphatic heterocycles. The zero-order chi connectivity index (χ0) is 21.4. The number of aromatic nitrogens is 3. The standard InChI is InChI=1S/C24H23ClN4O2/c1-16-4-2-6-22-27-21(15-29(16)22)24(30)28-11-3-5-18(14-28)23-26-13-20(31-23)12-17-7-9-19(25)10-8-17/h2,4,6-10,13,15,18H,3,5,11-12,14H2,1H3/t18-/m1/s1. The number of oxazole rings is 1. The van der Waals surface area contributed by atoms with Crippen molar-refractivity contribution in [1.82, 2.24) is 19.3 Å². The van der Waals surface area contributed by atoms with Gasteiger partial charge in [-0.05, 0) is 49.6 Å². The number of hydrogen-bond acceptors (Lipinski definition) is 4. The van der Waals surface area contributed by atoms with Crippen LogP contribution in [0.3, 0.4) is 0 Å². The fourth-order valence-corrected chi connectivity index (χ4v) is 4.30. The van der Waals surface area contributed by atoms with Gasteiger partial charge in [0.15, 0.2) is 5.89 Å². The summed E-state index contributed by atoms with van der Waals surface area (Å²) in [5.41, 5.74) is 3.44. The van der Waals surface area contributed by atoms with Crippen LogP contribution >= 0.6 is 11.6 Å². The number of imidazole rings is 1. The van der Waals surface area contributed by atoms with Gasteiger partial charge in [-0.1, -0.05) is 29.8 Å². The maximum Gasteiger partial charge on any atom is 0.274 e. The van der Waals surface area contributed by atoms with Crippen LogP contribution in [0.25, 0.3) is 5.65 Å². The summed E-state index contributed by atoms with van der Waals surface area (Å²) in [6, 6.07) is 13.6. The van der Waals surface area contributed by atoms with Crippen molar-refractivity contribution in [3.8, 4) is 0 Å². The lowest BCUT2D eigenvalue weighted by Gasteiger charge is -2.30. The van der Waals surface area contributed by atoms with E-state index < -0.39 is 0 Å². The third-order valence-corrected chi connectivity index (χ3v) is 6.09. The molecule has 4 aromatic rings. The minimum Gasteiger partial charge on any atom is -0.445 e. The number of halogens is 1. The van der Waals surface area contributed by atoms with Crippen molar-refractivity contribution in [1.29, 1.82) is 0 Å². The van der Waals surface area contributed by atoms with Gasteiger partial charge in [-0.25, -0.2) is 9.97 Å². The Hall–Kier alpha value is -3.12. The molecule has 0 N–H and O–H groups in total. The Morgan fingerprint density at radius 3 is 2.87 bits per heavy atom. The number of benzene rings is 1. The zero-order valence-electron chi connectivity index (χ0n) is 17.3. The highest BCUT2D eigenvalue weighted by atomic mass is 35.5. The molecular weight excluding hydrogens is 412 g/mol. The van der Waals surface area contributed by atoms with Crippen molar-refractivity contribution in [3.05, 3.63) is 88.5 Å². The zero-order valence-corrected chi connectivity index (χ0v) is 18.0. The molecule has 0 radical (unpaired) electrons. The number of fused-ring (bicyclic) bond motifs is 1. The number of aryl methyl sites for hydroxylation is 1. The Morgan fingerprint density at radius 1 is 1.23 bits per heavy atom. The van der Waals surface area contributed by atoms with Crippen LogP contribution < -0.4 is 0 Å². The molecule has 7 heteroatoms. The van der Waals surface area contributed by atoms with Gasteiger partial charge in [0.05, 0.1) is 12.1 Å². The van der Waals surface area contributed by atoms with Crippen LogP contribution in [0.2, 0.25) is 5.02 Å². The minimum atomic E-state index is -0.0410. The van der Waals surface area contributed by atoms with E-state index in [-0.39, 0.29) is 11.8 Å². The SMILES string of the molecule is Cc1cccc2nc(C(=O)N3CCC[C@@H](c4ncc(Cc5ccc(Cl)cc5)o4)C3)cn12. The first kappa shape index (κ1) is 19.8. The predicted molar refractivity (Wildman–Crippen MR) is 119 cm³/mol. The fraction of sp³-hybridized carbons (Fsp3) is 0.292. The molecule has 1 amide bonds. The van der Waals surface area contributed by atoms with Crippen LogP contribution in [0.4, 0.5) is 0 Å². The molecule has 0 saturated carbocycles. The molecule has 0 bridgehead atoms. The molecule has 4 heterocycles. The van der Waals surface area contributed by atoms with E-state index in [1.165, 1.54) is 0 Å². The molecule has 3 aromatic heterocycles. The topological polar surface area (TPSA) is 63.6 Å².